The molecule has 1 aromatic carbocycles. The molecule has 5 aliphatic heterocycles. The van der Waals surface area contributed by atoms with Crippen LogP contribution in [0.2, 0.25) is 0 Å². The van der Waals surface area contributed by atoms with Crippen LogP contribution in [0.3, 0.4) is 0 Å². The first-order valence-electron chi connectivity index (χ1n) is 12.6. The molecular formula is C26H32Cl2N4O6S. The Kier molecular flexibility index (Phi) is 8.87. The van der Waals surface area contributed by atoms with Crippen molar-refractivity contribution in [1.82, 2.24) is 20.4 Å². The number of nitrogens with zero attached hydrogens (tertiary/aromatic N) is 2. The van der Waals surface area contributed by atoms with Crippen molar-refractivity contribution < 1.29 is 27.2 Å². The number of amides is 1. The first-order valence-corrected chi connectivity index (χ1v) is 14.1. The van der Waals surface area contributed by atoms with Gasteiger partial charge in [-0.1, -0.05) is 18.2 Å². The lowest BCUT2D eigenvalue weighted by atomic mass is 9.96. The number of rotatable bonds is 6. The van der Waals surface area contributed by atoms with Crippen LogP contribution in [0.1, 0.15) is 12.8 Å². The number of hydrogen-bond donors (Lipinski definition) is 3. The minimum atomic E-state index is -4.62. The van der Waals surface area contributed by atoms with Crippen LogP contribution in [0.15, 0.2) is 70.6 Å². The Balaban J connectivity index is 0.00000176. The van der Waals surface area contributed by atoms with Crippen molar-refractivity contribution in [3.8, 4) is 11.5 Å². The Bertz CT molecular complexity index is 1340. The lowest BCUT2D eigenvalue weighted by Gasteiger charge is -2.36. The molecule has 1 aromatic rings. The molecule has 39 heavy (non-hydrogen) atoms. The summed E-state index contributed by atoms with van der Waals surface area (Å²) in [7, 11) is -4.62. The largest absolute Gasteiger partial charge is 0.486 e. The summed E-state index contributed by atoms with van der Waals surface area (Å²) >= 11 is 0. The third-order valence-corrected chi connectivity index (χ3v) is 8.42. The number of para-hydroxylation sites is 2. The van der Waals surface area contributed by atoms with Gasteiger partial charge in [0.25, 0.3) is 16.0 Å². The zero-order valence-electron chi connectivity index (χ0n) is 21.1. The summed E-state index contributed by atoms with van der Waals surface area (Å²) in [6.07, 6.45) is 8.58. The van der Waals surface area contributed by atoms with Gasteiger partial charge in [-0.25, -0.2) is 0 Å². The van der Waals surface area contributed by atoms with E-state index < -0.39 is 16.0 Å². The highest BCUT2D eigenvalue weighted by Gasteiger charge is 2.41. The highest BCUT2D eigenvalue weighted by Crippen LogP contribution is 2.37. The van der Waals surface area contributed by atoms with Gasteiger partial charge in [0, 0.05) is 19.6 Å². The van der Waals surface area contributed by atoms with E-state index in [9.17, 15) is 17.8 Å². The molecule has 2 saturated heterocycles. The fraction of sp³-hybridized carbons (Fsp3) is 0.423. The predicted molar refractivity (Wildman–Crippen MR) is 151 cm³/mol. The molecule has 10 nitrogen and oxygen atoms in total. The molecule has 3 N–H and O–H groups in total. The van der Waals surface area contributed by atoms with Crippen molar-refractivity contribution in [3.63, 3.8) is 0 Å². The number of carbonyl (C=O) groups excluding carboxylic acids is 1. The van der Waals surface area contributed by atoms with Crippen molar-refractivity contribution >= 4 is 40.8 Å². The maximum Gasteiger partial charge on any atom is 0.297 e. The molecule has 0 aromatic heterocycles. The number of hydrogen-bond acceptors (Lipinski definition) is 8. The smallest absolute Gasteiger partial charge is 0.297 e. The second-order valence-corrected chi connectivity index (χ2v) is 11.3. The number of ether oxygens (including phenoxy) is 2. The number of allylic oxidation sites excluding steroid dienone is 3. The summed E-state index contributed by atoms with van der Waals surface area (Å²) in [4.78, 5) is 17.0. The third-order valence-electron chi connectivity index (χ3n) is 7.48. The maximum atomic E-state index is 13.2. The second kappa shape index (κ2) is 11.8. The van der Waals surface area contributed by atoms with Gasteiger partial charge in [0.1, 0.15) is 23.4 Å². The summed E-state index contributed by atoms with van der Waals surface area (Å²) < 4.78 is 46.5. The van der Waals surface area contributed by atoms with Gasteiger partial charge in [-0.05, 0) is 62.2 Å². The predicted octanol–water partition coefficient (Wildman–Crippen LogP) is 2.22. The van der Waals surface area contributed by atoms with Crippen molar-refractivity contribution in [2.75, 3.05) is 39.3 Å². The maximum absolute atomic E-state index is 13.2. The fourth-order valence-corrected chi connectivity index (χ4v) is 6.51. The second-order valence-electron chi connectivity index (χ2n) is 9.95. The molecule has 13 heteroatoms. The van der Waals surface area contributed by atoms with E-state index in [0.717, 1.165) is 49.8 Å². The molecule has 0 saturated carbocycles. The van der Waals surface area contributed by atoms with E-state index in [1.54, 1.807) is 23.1 Å². The van der Waals surface area contributed by atoms with Crippen LogP contribution in [0.5, 0.6) is 11.5 Å². The Labute approximate surface area is 240 Å². The first kappa shape index (κ1) is 29.3. The number of carbonyl (C=O) groups is 1. The molecule has 1 unspecified atom stereocenters. The molecule has 2 atom stereocenters. The normalized spacial score (nSPS) is 24.0. The zero-order chi connectivity index (χ0) is 25.6. The van der Waals surface area contributed by atoms with Crippen molar-refractivity contribution in [1.29, 1.82) is 0 Å². The standard InChI is InChI=1S/C26H30N4O6S.2ClH/c31-26(20-12-18-14-27-24-7-3-4-21(30(18)24)25(20)37(32,33)34)28-13-17-8-10-29(11-9-17)15-19-16-35-22-5-1-2-6-23(22)36-19;;/h1-7,12,17-19,27H,8-11,13-16H2,(H,28,31)(H,32,33,34);2*1H/t18-,19?;;/m1../s1. The molecular weight excluding hydrogens is 567 g/mol. The third kappa shape index (κ3) is 5.92. The van der Waals surface area contributed by atoms with E-state index in [1.165, 1.54) is 0 Å². The number of nitrogens with one attached hydrogen (secondary N) is 2. The van der Waals surface area contributed by atoms with Crippen LogP contribution in [0, 0.1) is 5.92 Å². The van der Waals surface area contributed by atoms with Crippen LogP contribution in [-0.4, -0.2) is 80.2 Å². The topological polar surface area (TPSA) is 120 Å². The molecule has 1 amide bonds. The minimum absolute atomic E-state index is 0. The Morgan fingerprint density at radius 3 is 2.64 bits per heavy atom. The highest BCUT2D eigenvalue weighted by molar-refractivity contribution is 7.90. The van der Waals surface area contributed by atoms with Gasteiger partial charge in [0.2, 0.25) is 0 Å². The fourth-order valence-electron chi connectivity index (χ4n) is 5.64. The SMILES string of the molecule is Cl.Cl.O=C(NCC1CCN(CC2COc3ccccc3O2)CC1)C1=C[C@@H]2CNC3=CC=CC(=C1S(=O)(=O)O)N32. The molecule has 0 aliphatic carbocycles. The lowest BCUT2D eigenvalue weighted by Crippen LogP contribution is -2.45. The Hall–Kier alpha value is -2.70. The average Bonchev–Trinajstić information content (AvgIpc) is 3.31. The molecule has 212 valence electrons. The monoisotopic (exact) mass is 598 g/mol. The molecule has 5 aliphatic rings. The van der Waals surface area contributed by atoms with Gasteiger partial charge >= 0.3 is 0 Å². The van der Waals surface area contributed by atoms with E-state index in [0.29, 0.717) is 25.4 Å². The molecule has 0 radical (unpaired) electrons. The summed E-state index contributed by atoms with van der Waals surface area (Å²) in [5.41, 5.74) is 0.313. The van der Waals surface area contributed by atoms with E-state index in [-0.39, 0.29) is 53.4 Å². The Morgan fingerprint density at radius 2 is 1.90 bits per heavy atom. The van der Waals surface area contributed by atoms with Gasteiger partial charge < -0.3 is 25.0 Å². The van der Waals surface area contributed by atoms with Crippen LogP contribution < -0.4 is 20.1 Å². The number of halogens is 2. The minimum Gasteiger partial charge on any atom is -0.486 e. The van der Waals surface area contributed by atoms with Crippen molar-refractivity contribution in [3.05, 3.63) is 70.6 Å². The van der Waals surface area contributed by atoms with Gasteiger partial charge in [-0.3, -0.25) is 14.2 Å². The first-order chi connectivity index (χ1) is 17.9. The quantitative estimate of drug-likeness (QED) is 0.423. The van der Waals surface area contributed by atoms with Gasteiger partial charge in [0.05, 0.1) is 17.3 Å². The summed E-state index contributed by atoms with van der Waals surface area (Å²) in [5.74, 6) is 2.11. The summed E-state index contributed by atoms with van der Waals surface area (Å²) in [6, 6.07) is 7.49. The van der Waals surface area contributed by atoms with Gasteiger partial charge in [-0.2, -0.15) is 8.42 Å². The van der Waals surface area contributed by atoms with Crippen LogP contribution in [0.4, 0.5) is 0 Å². The number of fused-ring (bicyclic) bond motifs is 1. The number of piperidine rings is 1. The molecule has 5 heterocycles. The van der Waals surface area contributed by atoms with Gasteiger partial charge in [-0.15, -0.1) is 24.8 Å². The summed E-state index contributed by atoms with van der Waals surface area (Å²) in [6.45, 7) is 4.06. The van der Waals surface area contributed by atoms with E-state index in [2.05, 4.69) is 15.5 Å². The highest BCUT2D eigenvalue weighted by atomic mass is 35.5. The number of benzene rings is 1. The lowest BCUT2D eigenvalue weighted by molar-refractivity contribution is -0.117. The Morgan fingerprint density at radius 1 is 1.15 bits per heavy atom. The summed E-state index contributed by atoms with van der Waals surface area (Å²) in [5, 5.41) is 6.14. The number of likely N-dealkylation sites (tertiary alicyclic amines) is 1. The van der Waals surface area contributed by atoms with Gasteiger partial charge in [0.15, 0.2) is 11.5 Å². The average molecular weight is 600 g/mol. The molecule has 2 fully saturated rings. The van der Waals surface area contributed by atoms with Crippen molar-refractivity contribution in [2.45, 2.75) is 25.0 Å². The van der Waals surface area contributed by atoms with E-state index in [1.807, 2.05) is 30.3 Å². The van der Waals surface area contributed by atoms with Crippen molar-refractivity contribution in [2.24, 2.45) is 5.92 Å². The van der Waals surface area contributed by atoms with E-state index >= 15 is 0 Å². The van der Waals surface area contributed by atoms with Crippen LogP contribution in [0.25, 0.3) is 0 Å². The van der Waals surface area contributed by atoms with E-state index in [4.69, 9.17) is 9.47 Å². The zero-order valence-corrected chi connectivity index (χ0v) is 23.6. The molecule has 0 spiro atoms. The molecule has 0 bridgehead atoms. The van der Waals surface area contributed by atoms with Crippen LogP contribution in [-0.2, 0) is 14.9 Å². The van der Waals surface area contributed by atoms with Crippen LogP contribution >= 0.6 is 24.8 Å². The molecule has 6 rings (SSSR count).